The summed E-state index contributed by atoms with van der Waals surface area (Å²) in [4.78, 5) is 0. The van der Waals surface area contributed by atoms with E-state index < -0.39 is 0 Å². The van der Waals surface area contributed by atoms with E-state index in [9.17, 15) is 0 Å². The highest BCUT2D eigenvalue weighted by atomic mass is 16.5. The molecule has 4 aromatic rings. The number of nitrogens with one attached hydrogen (secondary N) is 1. The van der Waals surface area contributed by atoms with E-state index in [-0.39, 0.29) is 0 Å². The molecule has 0 aliphatic rings. The van der Waals surface area contributed by atoms with Crippen molar-refractivity contribution in [1.82, 2.24) is 0 Å². The smallest absolute Gasteiger partial charge is 0.124 e. The minimum atomic E-state index is 0.581. The van der Waals surface area contributed by atoms with Crippen LogP contribution in [-0.2, 0) is 13.2 Å². The molecule has 0 radical (unpaired) electrons. The van der Waals surface area contributed by atoms with Crippen molar-refractivity contribution < 1.29 is 4.74 Å². The van der Waals surface area contributed by atoms with Crippen molar-refractivity contribution in [2.75, 3.05) is 5.32 Å². The maximum Gasteiger partial charge on any atom is 0.124 e. The molecule has 0 aliphatic carbocycles. The minimum Gasteiger partial charge on any atom is -0.489 e. The Morgan fingerprint density at radius 1 is 0.704 bits per heavy atom. The maximum absolute atomic E-state index is 6.14. The van der Waals surface area contributed by atoms with Crippen LogP contribution in [0.15, 0.2) is 91.0 Å². The van der Waals surface area contributed by atoms with Gasteiger partial charge in [-0.05, 0) is 35.6 Å². The number of fused-ring (bicyclic) bond motifs is 1. The second-order valence-corrected chi connectivity index (χ2v) is 6.70. The van der Waals surface area contributed by atoms with E-state index in [0.29, 0.717) is 6.61 Å². The highest BCUT2D eigenvalue weighted by Gasteiger charge is 2.06. The van der Waals surface area contributed by atoms with Crippen LogP contribution in [0.1, 0.15) is 16.7 Å². The normalized spacial score (nSPS) is 10.7. The third-order valence-electron chi connectivity index (χ3n) is 4.88. The lowest BCUT2D eigenvalue weighted by atomic mass is 10.1. The summed E-state index contributed by atoms with van der Waals surface area (Å²) in [6.07, 6.45) is 0. The van der Waals surface area contributed by atoms with E-state index in [2.05, 4.69) is 91.1 Å². The lowest BCUT2D eigenvalue weighted by molar-refractivity contribution is 0.302. The van der Waals surface area contributed by atoms with Crippen LogP contribution in [0.25, 0.3) is 10.8 Å². The fourth-order valence-electron chi connectivity index (χ4n) is 3.29. The molecule has 0 aliphatic heterocycles. The van der Waals surface area contributed by atoms with E-state index in [0.717, 1.165) is 23.5 Å². The van der Waals surface area contributed by atoms with Crippen LogP contribution in [0.4, 0.5) is 5.69 Å². The summed E-state index contributed by atoms with van der Waals surface area (Å²) >= 11 is 0. The number of hydrogen-bond donors (Lipinski definition) is 1. The van der Waals surface area contributed by atoms with Gasteiger partial charge in [-0.3, -0.25) is 0 Å². The van der Waals surface area contributed by atoms with Crippen molar-refractivity contribution in [2.24, 2.45) is 0 Å². The van der Waals surface area contributed by atoms with Gasteiger partial charge in [0.15, 0.2) is 0 Å². The fraction of sp³-hybridized carbons (Fsp3) is 0.120. The lowest BCUT2D eigenvalue weighted by Crippen LogP contribution is -2.04. The number of rotatable bonds is 6. The fourth-order valence-corrected chi connectivity index (χ4v) is 3.29. The van der Waals surface area contributed by atoms with Gasteiger partial charge in [-0.1, -0.05) is 78.9 Å². The molecule has 0 aromatic heterocycles. The van der Waals surface area contributed by atoms with E-state index >= 15 is 0 Å². The molecule has 4 rings (SSSR count). The molecule has 27 heavy (non-hydrogen) atoms. The molecule has 0 spiro atoms. The molecule has 0 bridgehead atoms. The molecule has 2 nitrogen and oxygen atoms in total. The monoisotopic (exact) mass is 353 g/mol. The van der Waals surface area contributed by atoms with Crippen LogP contribution in [0.3, 0.4) is 0 Å². The molecule has 0 fully saturated rings. The zero-order valence-electron chi connectivity index (χ0n) is 15.5. The topological polar surface area (TPSA) is 21.3 Å². The summed E-state index contributed by atoms with van der Waals surface area (Å²) in [6.45, 7) is 3.42. The molecule has 0 unspecified atom stereocenters. The summed E-state index contributed by atoms with van der Waals surface area (Å²) in [5.74, 6) is 0.925. The number of aryl methyl sites for hydroxylation is 1. The van der Waals surface area contributed by atoms with E-state index in [4.69, 9.17) is 4.74 Å². The SMILES string of the molecule is Cc1ccccc1COc1ccccc1CNc1cccc2ccccc12. The van der Waals surface area contributed by atoms with Gasteiger partial charge in [0.25, 0.3) is 0 Å². The van der Waals surface area contributed by atoms with Gasteiger partial charge in [-0.15, -0.1) is 0 Å². The van der Waals surface area contributed by atoms with Crippen LogP contribution >= 0.6 is 0 Å². The highest BCUT2D eigenvalue weighted by molar-refractivity contribution is 5.93. The average Bonchev–Trinajstić information content (AvgIpc) is 2.72. The van der Waals surface area contributed by atoms with Crippen LogP contribution in [0.2, 0.25) is 0 Å². The Bertz CT molecular complexity index is 1050. The maximum atomic E-state index is 6.14. The largest absolute Gasteiger partial charge is 0.489 e. The Balaban J connectivity index is 1.50. The molecule has 134 valence electrons. The van der Waals surface area contributed by atoms with Gasteiger partial charge in [-0.2, -0.15) is 0 Å². The molecule has 0 atom stereocenters. The van der Waals surface area contributed by atoms with Gasteiger partial charge in [0.2, 0.25) is 0 Å². The average molecular weight is 353 g/mol. The number of ether oxygens (including phenoxy) is 1. The molecule has 0 saturated carbocycles. The first kappa shape index (κ1) is 17.2. The van der Waals surface area contributed by atoms with Gasteiger partial charge < -0.3 is 10.1 Å². The first-order chi connectivity index (χ1) is 13.3. The molecule has 4 aromatic carbocycles. The Hall–Kier alpha value is -3.26. The van der Waals surface area contributed by atoms with Crippen molar-refractivity contribution in [3.05, 3.63) is 108 Å². The third-order valence-corrected chi connectivity index (χ3v) is 4.88. The molecule has 0 amide bonds. The second kappa shape index (κ2) is 7.96. The quantitative estimate of drug-likeness (QED) is 0.437. The first-order valence-corrected chi connectivity index (χ1v) is 9.28. The van der Waals surface area contributed by atoms with Crippen molar-refractivity contribution in [3.8, 4) is 5.75 Å². The van der Waals surface area contributed by atoms with Crippen molar-refractivity contribution in [2.45, 2.75) is 20.1 Å². The van der Waals surface area contributed by atoms with Crippen LogP contribution in [0, 0.1) is 6.92 Å². The predicted octanol–water partition coefficient (Wildman–Crippen LogP) is 6.34. The summed E-state index contributed by atoms with van der Waals surface area (Å²) in [6, 6.07) is 31.4. The van der Waals surface area contributed by atoms with Crippen LogP contribution in [0.5, 0.6) is 5.75 Å². The van der Waals surface area contributed by atoms with Gasteiger partial charge in [0.05, 0.1) is 0 Å². The van der Waals surface area contributed by atoms with E-state index in [1.54, 1.807) is 0 Å². The molecular formula is C25H23NO. The number of benzene rings is 4. The summed E-state index contributed by atoms with van der Waals surface area (Å²) in [5, 5.41) is 6.05. The van der Waals surface area contributed by atoms with Crippen molar-refractivity contribution in [1.29, 1.82) is 0 Å². The van der Waals surface area contributed by atoms with Gasteiger partial charge >= 0.3 is 0 Å². The van der Waals surface area contributed by atoms with Gasteiger partial charge in [-0.25, -0.2) is 0 Å². The second-order valence-electron chi connectivity index (χ2n) is 6.70. The van der Waals surface area contributed by atoms with Gasteiger partial charge in [0.1, 0.15) is 12.4 Å². The predicted molar refractivity (Wildman–Crippen MR) is 113 cm³/mol. The van der Waals surface area contributed by atoms with Crippen molar-refractivity contribution >= 4 is 16.5 Å². The summed E-state index contributed by atoms with van der Waals surface area (Å²) in [7, 11) is 0. The molecule has 0 saturated heterocycles. The Kier molecular flexibility index (Phi) is 5.06. The number of hydrogen-bond acceptors (Lipinski definition) is 2. The van der Waals surface area contributed by atoms with Gasteiger partial charge in [0, 0.05) is 23.2 Å². The zero-order chi connectivity index (χ0) is 18.5. The number of anilines is 1. The Morgan fingerprint density at radius 2 is 1.41 bits per heavy atom. The minimum absolute atomic E-state index is 0.581. The Labute approximate surface area is 160 Å². The molecule has 0 heterocycles. The van der Waals surface area contributed by atoms with Crippen LogP contribution < -0.4 is 10.1 Å². The molecule has 1 N–H and O–H groups in total. The van der Waals surface area contributed by atoms with E-state index in [1.807, 2.05) is 12.1 Å². The van der Waals surface area contributed by atoms with Crippen LogP contribution in [-0.4, -0.2) is 0 Å². The molecular weight excluding hydrogens is 330 g/mol. The first-order valence-electron chi connectivity index (χ1n) is 9.28. The molecule has 2 heteroatoms. The lowest BCUT2D eigenvalue weighted by Gasteiger charge is -2.15. The van der Waals surface area contributed by atoms with E-state index in [1.165, 1.54) is 21.9 Å². The zero-order valence-corrected chi connectivity index (χ0v) is 15.5. The number of para-hydroxylation sites is 1. The summed E-state index contributed by atoms with van der Waals surface area (Å²) < 4.78 is 6.14. The summed E-state index contributed by atoms with van der Waals surface area (Å²) in [5.41, 5.74) is 4.76. The highest BCUT2D eigenvalue weighted by Crippen LogP contribution is 2.26. The van der Waals surface area contributed by atoms with Crippen molar-refractivity contribution in [3.63, 3.8) is 0 Å². The standard InChI is InChI=1S/C25H23NO/c1-19-9-2-3-12-22(19)18-27-25-16-7-5-11-21(25)17-26-24-15-8-13-20-10-4-6-14-23(20)24/h2-16,26H,17-18H2,1H3. The Morgan fingerprint density at radius 3 is 2.30 bits per heavy atom. The third kappa shape index (κ3) is 3.95.